The van der Waals surface area contributed by atoms with E-state index in [4.69, 9.17) is 9.22 Å². The minimum Gasteiger partial charge on any atom is -0.511 e. The molecule has 134 valence electrons. The molecule has 3 aliphatic carbocycles. The average Bonchev–Trinajstić information content (AvgIpc) is 2.52. The van der Waals surface area contributed by atoms with E-state index >= 15 is 0 Å². The van der Waals surface area contributed by atoms with E-state index in [9.17, 15) is 4.46 Å². The molecule has 0 aliphatic heterocycles. The van der Waals surface area contributed by atoms with Crippen molar-refractivity contribution in [2.75, 3.05) is 6.61 Å². The molecule has 3 aliphatic rings. The Labute approximate surface area is 148 Å². The van der Waals surface area contributed by atoms with Crippen LogP contribution in [-0.4, -0.2) is 20.6 Å². The predicted molar refractivity (Wildman–Crippen MR) is 96.5 cm³/mol. The Kier molecular flexibility index (Phi) is 4.80. The SMILES string of the molecule is CC(C)C1=CC2=CCC3C(C)(CO[Si](=O)O)CCCC3(C)C2CC1. The smallest absolute Gasteiger partial charge is 0.511 e. The minimum absolute atomic E-state index is 0.0140. The maximum Gasteiger partial charge on any atom is 0.764 e. The number of allylic oxidation sites excluding steroid dienone is 4. The van der Waals surface area contributed by atoms with Gasteiger partial charge in [0.25, 0.3) is 0 Å². The molecule has 4 atom stereocenters. The highest BCUT2D eigenvalue weighted by molar-refractivity contribution is 6.24. The largest absolute Gasteiger partial charge is 0.764 e. The maximum absolute atomic E-state index is 11.1. The van der Waals surface area contributed by atoms with Crippen molar-refractivity contribution in [2.45, 2.75) is 66.2 Å². The summed E-state index contributed by atoms with van der Waals surface area (Å²) in [5.41, 5.74) is 3.47. The van der Waals surface area contributed by atoms with Crippen LogP contribution in [0.2, 0.25) is 0 Å². The fraction of sp³-hybridized carbons (Fsp3) is 0.800. The van der Waals surface area contributed by atoms with Crippen molar-refractivity contribution in [3.63, 3.8) is 0 Å². The van der Waals surface area contributed by atoms with Crippen LogP contribution in [0.3, 0.4) is 0 Å². The normalized spacial score (nSPS) is 38.7. The van der Waals surface area contributed by atoms with Gasteiger partial charge in [-0.3, -0.25) is 4.46 Å². The zero-order valence-corrected chi connectivity index (χ0v) is 16.6. The van der Waals surface area contributed by atoms with Gasteiger partial charge in [-0.2, -0.15) is 0 Å². The van der Waals surface area contributed by atoms with Crippen molar-refractivity contribution in [3.8, 4) is 0 Å². The standard InChI is InChI=1S/C20H32O3Si/c1-14(2)15-6-8-17-16(12-15)7-9-18-19(3,13-23-24(21)22)10-5-11-20(17,18)4/h7,12,14,17-18,21H,5-6,8-11,13H2,1-4H3. The lowest BCUT2D eigenvalue weighted by atomic mass is 9.47. The molecule has 1 fully saturated rings. The number of hydrogen-bond acceptors (Lipinski definition) is 2. The molecule has 1 N–H and O–H groups in total. The lowest BCUT2D eigenvalue weighted by Gasteiger charge is -2.58. The van der Waals surface area contributed by atoms with Crippen LogP contribution in [0.5, 0.6) is 0 Å². The molecular weight excluding hydrogens is 316 g/mol. The molecule has 0 spiro atoms. The molecule has 0 amide bonds. The molecule has 24 heavy (non-hydrogen) atoms. The van der Waals surface area contributed by atoms with Crippen molar-refractivity contribution in [1.29, 1.82) is 0 Å². The highest BCUT2D eigenvalue weighted by atomic mass is 28.3. The van der Waals surface area contributed by atoms with Crippen LogP contribution in [-0.2, 0) is 8.89 Å². The van der Waals surface area contributed by atoms with Crippen molar-refractivity contribution >= 4 is 9.17 Å². The van der Waals surface area contributed by atoms with Crippen LogP contribution in [0, 0.1) is 28.6 Å². The summed E-state index contributed by atoms with van der Waals surface area (Å²) < 4.78 is 16.3. The second-order valence-corrected chi connectivity index (χ2v) is 9.85. The summed E-state index contributed by atoms with van der Waals surface area (Å²) in [6.45, 7) is 9.77. The van der Waals surface area contributed by atoms with Gasteiger partial charge in [-0.25, -0.2) is 0 Å². The average molecular weight is 349 g/mol. The van der Waals surface area contributed by atoms with E-state index < -0.39 is 9.17 Å². The number of rotatable bonds is 4. The Morgan fingerprint density at radius 3 is 2.79 bits per heavy atom. The third-order valence-corrected chi connectivity index (χ3v) is 7.62. The highest BCUT2D eigenvalue weighted by Gasteiger charge is 2.54. The quantitative estimate of drug-likeness (QED) is 0.758. The van der Waals surface area contributed by atoms with Crippen LogP contribution >= 0.6 is 0 Å². The summed E-state index contributed by atoms with van der Waals surface area (Å²) >= 11 is 0. The third-order valence-electron chi connectivity index (χ3n) is 7.23. The summed E-state index contributed by atoms with van der Waals surface area (Å²) in [4.78, 5) is 9.13. The summed E-state index contributed by atoms with van der Waals surface area (Å²) in [7, 11) is -2.84. The zero-order chi connectivity index (χ0) is 17.5. The van der Waals surface area contributed by atoms with E-state index in [2.05, 4.69) is 39.8 Å². The van der Waals surface area contributed by atoms with Gasteiger partial charge in [-0.1, -0.05) is 51.8 Å². The van der Waals surface area contributed by atoms with Crippen molar-refractivity contribution in [3.05, 3.63) is 23.3 Å². The van der Waals surface area contributed by atoms with Gasteiger partial charge in [-0.15, -0.1) is 0 Å². The van der Waals surface area contributed by atoms with Gasteiger partial charge >= 0.3 is 9.17 Å². The second-order valence-electron chi connectivity index (χ2n) is 9.03. The molecule has 0 aromatic rings. The molecule has 0 bridgehead atoms. The van der Waals surface area contributed by atoms with Crippen molar-refractivity contribution < 1.29 is 13.7 Å². The van der Waals surface area contributed by atoms with Gasteiger partial charge in [0.2, 0.25) is 0 Å². The van der Waals surface area contributed by atoms with E-state index in [1.165, 1.54) is 25.7 Å². The Hall–Kier alpha value is -0.903. The van der Waals surface area contributed by atoms with Crippen LogP contribution < -0.4 is 0 Å². The maximum atomic E-state index is 11.1. The first kappa shape index (κ1) is 17.9. The van der Waals surface area contributed by atoms with Crippen LogP contribution in [0.25, 0.3) is 0 Å². The number of hydrogen-bond donors (Lipinski definition) is 1. The van der Waals surface area contributed by atoms with Crippen molar-refractivity contribution in [1.82, 2.24) is 0 Å². The second kappa shape index (κ2) is 6.43. The Bertz CT molecular complexity index is 579. The summed E-state index contributed by atoms with van der Waals surface area (Å²) in [5.74, 6) is 1.83. The molecule has 4 unspecified atom stereocenters. The monoisotopic (exact) mass is 348 g/mol. The number of fused-ring (bicyclic) bond motifs is 3. The van der Waals surface area contributed by atoms with Gasteiger partial charge in [0.15, 0.2) is 0 Å². The topological polar surface area (TPSA) is 46.5 Å². The molecule has 1 saturated carbocycles. The van der Waals surface area contributed by atoms with Gasteiger partial charge in [0.05, 0.1) is 6.61 Å². The van der Waals surface area contributed by atoms with E-state index in [1.54, 1.807) is 11.1 Å². The fourth-order valence-corrected chi connectivity index (χ4v) is 6.33. The molecule has 4 heteroatoms. The van der Waals surface area contributed by atoms with Gasteiger partial charge in [0.1, 0.15) is 0 Å². The lowest BCUT2D eigenvalue weighted by molar-refractivity contribution is -0.0726. The molecular formula is C20H32O3Si. The molecule has 0 radical (unpaired) electrons. The summed E-state index contributed by atoms with van der Waals surface area (Å²) in [6, 6.07) is 0. The first-order chi connectivity index (χ1) is 11.3. The molecule has 0 aromatic heterocycles. The summed E-state index contributed by atoms with van der Waals surface area (Å²) in [5, 5.41) is 0. The Morgan fingerprint density at radius 2 is 2.12 bits per heavy atom. The van der Waals surface area contributed by atoms with Gasteiger partial charge < -0.3 is 9.22 Å². The first-order valence-electron chi connectivity index (χ1n) is 9.52. The van der Waals surface area contributed by atoms with E-state index in [1.807, 2.05) is 0 Å². The Balaban J connectivity index is 1.90. The van der Waals surface area contributed by atoms with Gasteiger partial charge in [0, 0.05) is 5.41 Å². The zero-order valence-electron chi connectivity index (χ0n) is 15.6. The highest BCUT2D eigenvalue weighted by Crippen LogP contribution is 2.62. The van der Waals surface area contributed by atoms with E-state index in [-0.39, 0.29) is 5.41 Å². The molecule has 0 heterocycles. The fourth-order valence-electron chi connectivity index (χ4n) is 5.87. The van der Waals surface area contributed by atoms with Crippen LogP contribution in [0.1, 0.15) is 66.2 Å². The molecule has 3 nitrogen and oxygen atoms in total. The lowest BCUT2D eigenvalue weighted by Crippen LogP contribution is -2.51. The first-order valence-corrected chi connectivity index (χ1v) is 10.8. The predicted octanol–water partition coefficient (Wildman–Crippen LogP) is 4.55. The van der Waals surface area contributed by atoms with Gasteiger partial charge in [-0.05, 0) is 60.8 Å². The molecule has 0 saturated heterocycles. The van der Waals surface area contributed by atoms with E-state index in [0.717, 1.165) is 12.8 Å². The Morgan fingerprint density at radius 1 is 1.38 bits per heavy atom. The van der Waals surface area contributed by atoms with Crippen LogP contribution in [0.4, 0.5) is 0 Å². The van der Waals surface area contributed by atoms with Crippen LogP contribution in [0.15, 0.2) is 23.3 Å². The molecule has 3 rings (SSSR count). The van der Waals surface area contributed by atoms with E-state index in [0.29, 0.717) is 29.8 Å². The third kappa shape index (κ3) is 3.02. The summed E-state index contributed by atoms with van der Waals surface area (Å²) in [6.07, 6.45) is 12.1. The molecule has 0 aromatic carbocycles. The van der Waals surface area contributed by atoms with Crippen molar-refractivity contribution in [2.24, 2.45) is 28.6 Å². The minimum atomic E-state index is -2.84.